The van der Waals surface area contributed by atoms with E-state index < -0.39 is 11.7 Å². The van der Waals surface area contributed by atoms with Gasteiger partial charge in [-0.05, 0) is 43.0 Å². The molecule has 5 nitrogen and oxygen atoms in total. The Labute approximate surface area is 144 Å². The van der Waals surface area contributed by atoms with Crippen molar-refractivity contribution in [2.75, 3.05) is 25.0 Å². The molecule has 1 atom stereocenters. The molecule has 1 aromatic carbocycles. The first kappa shape index (κ1) is 19.1. The fourth-order valence-electron chi connectivity index (χ4n) is 2.74. The van der Waals surface area contributed by atoms with Gasteiger partial charge in [-0.15, -0.1) is 0 Å². The van der Waals surface area contributed by atoms with Crippen LogP contribution in [-0.2, 0) is 11.0 Å². The first-order valence-corrected chi connectivity index (χ1v) is 8.29. The van der Waals surface area contributed by atoms with Gasteiger partial charge in [0, 0.05) is 31.7 Å². The lowest BCUT2D eigenvalue weighted by Crippen LogP contribution is -2.45. The highest BCUT2D eigenvalue weighted by Gasteiger charge is 2.30. The van der Waals surface area contributed by atoms with Crippen LogP contribution in [0.15, 0.2) is 24.3 Å². The van der Waals surface area contributed by atoms with Gasteiger partial charge >= 0.3 is 12.2 Å². The van der Waals surface area contributed by atoms with Gasteiger partial charge in [-0.25, -0.2) is 4.79 Å². The maximum atomic E-state index is 12.5. The van der Waals surface area contributed by atoms with E-state index in [9.17, 15) is 22.8 Å². The molecular formula is C17H22F3N3O2. The summed E-state index contributed by atoms with van der Waals surface area (Å²) in [5.74, 6) is 0.161. The third-order valence-corrected chi connectivity index (χ3v) is 4.18. The molecule has 0 aromatic heterocycles. The summed E-state index contributed by atoms with van der Waals surface area (Å²) in [6.07, 6.45) is -2.22. The molecule has 0 spiro atoms. The van der Waals surface area contributed by atoms with Gasteiger partial charge in [0.2, 0.25) is 5.91 Å². The number of likely N-dealkylation sites (tertiary alicyclic amines) is 1. The van der Waals surface area contributed by atoms with Crippen molar-refractivity contribution in [2.45, 2.75) is 32.4 Å². The van der Waals surface area contributed by atoms with E-state index in [1.165, 1.54) is 12.1 Å². The minimum absolute atomic E-state index is 0.0219. The molecule has 0 saturated carbocycles. The Morgan fingerprint density at radius 2 is 1.92 bits per heavy atom. The molecule has 1 aromatic rings. The minimum atomic E-state index is -4.40. The van der Waals surface area contributed by atoms with E-state index in [0.29, 0.717) is 31.7 Å². The number of hydrogen-bond acceptors (Lipinski definition) is 2. The normalized spacial score (nSPS) is 17.9. The van der Waals surface area contributed by atoms with E-state index in [1.807, 2.05) is 0 Å². The molecule has 1 fully saturated rings. The number of piperidine rings is 1. The lowest BCUT2D eigenvalue weighted by molar-refractivity contribution is -0.137. The zero-order chi connectivity index (χ0) is 18.4. The van der Waals surface area contributed by atoms with E-state index in [-0.39, 0.29) is 17.9 Å². The predicted octanol–water partition coefficient (Wildman–Crippen LogP) is 3.48. The Hall–Kier alpha value is -2.25. The third-order valence-electron chi connectivity index (χ3n) is 4.18. The molecule has 8 heteroatoms. The van der Waals surface area contributed by atoms with Gasteiger partial charge in [0.1, 0.15) is 0 Å². The second-order valence-electron chi connectivity index (χ2n) is 6.12. The number of hydrogen-bond donors (Lipinski definition) is 2. The van der Waals surface area contributed by atoms with Crippen LogP contribution >= 0.6 is 0 Å². The average molecular weight is 357 g/mol. The second kappa shape index (κ2) is 8.22. The van der Waals surface area contributed by atoms with Crippen molar-refractivity contribution < 1.29 is 22.8 Å². The molecule has 0 bridgehead atoms. The summed E-state index contributed by atoms with van der Waals surface area (Å²) in [6.45, 7) is 3.40. The fraction of sp³-hybridized carbons (Fsp3) is 0.529. The van der Waals surface area contributed by atoms with Gasteiger partial charge in [0.05, 0.1) is 5.56 Å². The summed E-state index contributed by atoms with van der Waals surface area (Å²) in [4.78, 5) is 25.2. The van der Waals surface area contributed by atoms with Crippen LogP contribution in [0.3, 0.4) is 0 Å². The van der Waals surface area contributed by atoms with Crippen LogP contribution in [-0.4, -0.2) is 36.5 Å². The zero-order valence-electron chi connectivity index (χ0n) is 14.0. The average Bonchev–Trinajstić information content (AvgIpc) is 2.59. The minimum Gasteiger partial charge on any atom is -0.356 e. The first-order chi connectivity index (χ1) is 11.8. The second-order valence-corrected chi connectivity index (χ2v) is 6.12. The van der Waals surface area contributed by atoms with Crippen molar-refractivity contribution >= 4 is 17.6 Å². The SMILES string of the molecule is CCC(=O)NC[C@@H]1CCCN(C(=O)Nc2ccc(C(F)(F)F)cc2)C1. The molecule has 2 N–H and O–H groups in total. The monoisotopic (exact) mass is 357 g/mol. The number of urea groups is 1. The lowest BCUT2D eigenvalue weighted by atomic mass is 9.98. The van der Waals surface area contributed by atoms with E-state index in [0.717, 1.165) is 25.0 Å². The van der Waals surface area contributed by atoms with E-state index in [1.54, 1.807) is 11.8 Å². The summed E-state index contributed by atoms with van der Waals surface area (Å²) >= 11 is 0. The van der Waals surface area contributed by atoms with Crippen LogP contribution in [0.5, 0.6) is 0 Å². The highest BCUT2D eigenvalue weighted by molar-refractivity contribution is 5.89. The van der Waals surface area contributed by atoms with E-state index in [4.69, 9.17) is 0 Å². The van der Waals surface area contributed by atoms with Crippen LogP contribution in [0.25, 0.3) is 0 Å². The van der Waals surface area contributed by atoms with Crippen LogP contribution in [0.4, 0.5) is 23.7 Å². The molecule has 0 aliphatic carbocycles. The Kier molecular flexibility index (Phi) is 6.27. The molecule has 3 amide bonds. The third kappa shape index (κ3) is 5.65. The lowest BCUT2D eigenvalue weighted by Gasteiger charge is -2.32. The quantitative estimate of drug-likeness (QED) is 0.867. The highest BCUT2D eigenvalue weighted by Crippen LogP contribution is 2.30. The van der Waals surface area contributed by atoms with Crippen LogP contribution < -0.4 is 10.6 Å². The van der Waals surface area contributed by atoms with Crippen molar-refractivity contribution in [1.29, 1.82) is 0 Å². The highest BCUT2D eigenvalue weighted by atomic mass is 19.4. The Balaban J connectivity index is 1.88. The fourth-order valence-corrected chi connectivity index (χ4v) is 2.74. The maximum Gasteiger partial charge on any atom is 0.416 e. The Bertz CT molecular complexity index is 602. The Morgan fingerprint density at radius 3 is 2.52 bits per heavy atom. The molecular weight excluding hydrogens is 335 g/mol. The summed E-state index contributed by atoms with van der Waals surface area (Å²) < 4.78 is 37.6. The number of amides is 3. The number of anilines is 1. The summed E-state index contributed by atoms with van der Waals surface area (Å²) in [5.41, 5.74) is -0.436. The first-order valence-electron chi connectivity index (χ1n) is 8.29. The summed E-state index contributed by atoms with van der Waals surface area (Å²) in [6, 6.07) is 4.02. The predicted molar refractivity (Wildman–Crippen MR) is 88.1 cm³/mol. The maximum absolute atomic E-state index is 12.5. The number of carbonyl (C=O) groups is 2. The smallest absolute Gasteiger partial charge is 0.356 e. The van der Waals surface area contributed by atoms with Crippen molar-refractivity contribution in [1.82, 2.24) is 10.2 Å². The van der Waals surface area contributed by atoms with Gasteiger partial charge in [-0.1, -0.05) is 6.92 Å². The molecule has 0 unspecified atom stereocenters. The van der Waals surface area contributed by atoms with Crippen molar-refractivity contribution in [3.8, 4) is 0 Å². The van der Waals surface area contributed by atoms with E-state index >= 15 is 0 Å². The van der Waals surface area contributed by atoms with Crippen LogP contribution in [0.1, 0.15) is 31.7 Å². The molecule has 1 aliphatic heterocycles. The topological polar surface area (TPSA) is 61.4 Å². The number of nitrogens with zero attached hydrogens (tertiary/aromatic N) is 1. The number of alkyl halides is 3. The van der Waals surface area contributed by atoms with Crippen LogP contribution in [0, 0.1) is 5.92 Å². The molecule has 25 heavy (non-hydrogen) atoms. The van der Waals surface area contributed by atoms with Crippen molar-refractivity contribution in [3.63, 3.8) is 0 Å². The van der Waals surface area contributed by atoms with Gasteiger partial charge in [0.25, 0.3) is 0 Å². The van der Waals surface area contributed by atoms with Crippen molar-refractivity contribution in [2.24, 2.45) is 5.92 Å². The number of benzene rings is 1. The largest absolute Gasteiger partial charge is 0.416 e. The summed E-state index contributed by atoms with van der Waals surface area (Å²) in [5, 5.41) is 5.45. The molecule has 0 radical (unpaired) electrons. The van der Waals surface area contributed by atoms with Gasteiger partial charge < -0.3 is 15.5 Å². The molecule has 1 heterocycles. The summed E-state index contributed by atoms with van der Waals surface area (Å²) in [7, 11) is 0. The Morgan fingerprint density at radius 1 is 1.24 bits per heavy atom. The number of halogens is 3. The molecule has 138 valence electrons. The van der Waals surface area contributed by atoms with Gasteiger partial charge in [-0.2, -0.15) is 13.2 Å². The van der Waals surface area contributed by atoms with Gasteiger partial charge in [-0.3, -0.25) is 4.79 Å². The number of nitrogens with one attached hydrogen (secondary N) is 2. The van der Waals surface area contributed by atoms with Gasteiger partial charge in [0.15, 0.2) is 0 Å². The number of rotatable bonds is 4. The molecule has 2 rings (SSSR count). The van der Waals surface area contributed by atoms with Crippen LogP contribution in [0.2, 0.25) is 0 Å². The molecule has 1 saturated heterocycles. The molecule has 1 aliphatic rings. The van der Waals surface area contributed by atoms with E-state index in [2.05, 4.69) is 10.6 Å². The standard InChI is InChI=1S/C17H22F3N3O2/c1-2-15(24)21-10-12-4-3-9-23(11-12)16(25)22-14-7-5-13(6-8-14)17(18,19)20/h5-8,12H,2-4,9-11H2,1H3,(H,21,24)(H,22,25)/t12-/m0/s1. The zero-order valence-corrected chi connectivity index (χ0v) is 14.0. The van der Waals surface area contributed by atoms with Crippen molar-refractivity contribution in [3.05, 3.63) is 29.8 Å². The number of carbonyl (C=O) groups excluding carboxylic acids is 2.